The summed E-state index contributed by atoms with van der Waals surface area (Å²) in [6, 6.07) is 0. The Morgan fingerprint density at radius 2 is 0.465 bits per heavy atom. The van der Waals surface area contributed by atoms with Crippen LogP contribution in [0.15, 0.2) is 12.2 Å². The summed E-state index contributed by atoms with van der Waals surface area (Å²) in [5, 5.41) is 0. The van der Waals surface area contributed by atoms with Crippen molar-refractivity contribution in [3.63, 3.8) is 0 Å². The number of rotatable bonds is 60. The van der Waals surface area contributed by atoms with Gasteiger partial charge in [0.05, 0.1) is 0 Å². The first-order chi connectivity index (χ1) is 35.0. The number of allylic oxidation sites excluding steroid dienone is 2. The Balaban J connectivity index is 4.23. The lowest BCUT2D eigenvalue weighted by Gasteiger charge is -2.18. The van der Waals surface area contributed by atoms with Crippen molar-refractivity contribution >= 4 is 17.9 Å². The third-order valence-corrected chi connectivity index (χ3v) is 14.8. The largest absolute Gasteiger partial charge is 0.462 e. The second kappa shape index (κ2) is 60.7. The van der Waals surface area contributed by atoms with E-state index in [-0.39, 0.29) is 31.1 Å². The fourth-order valence-electron chi connectivity index (χ4n) is 9.91. The van der Waals surface area contributed by atoms with Crippen LogP contribution in [0, 0.1) is 0 Å². The topological polar surface area (TPSA) is 78.9 Å². The molecule has 0 spiro atoms. The normalized spacial score (nSPS) is 12.0. The fourth-order valence-corrected chi connectivity index (χ4v) is 9.91. The Bertz CT molecular complexity index is 1100. The molecule has 0 bridgehead atoms. The Kier molecular flexibility index (Phi) is 59.1. The van der Waals surface area contributed by atoms with Crippen LogP contribution in [0.4, 0.5) is 0 Å². The molecule has 0 radical (unpaired) electrons. The smallest absolute Gasteiger partial charge is 0.306 e. The zero-order valence-corrected chi connectivity index (χ0v) is 48.3. The number of unbranched alkanes of at least 4 members (excludes halogenated alkanes) is 47. The van der Waals surface area contributed by atoms with Crippen molar-refractivity contribution in [2.75, 3.05) is 13.2 Å². The molecule has 0 heterocycles. The first-order valence-electron chi connectivity index (χ1n) is 32.2. The number of hydrogen-bond donors (Lipinski definition) is 0. The monoisotopic (exact) mass is 1000 g/mol. The van der Waals surface area contributed by atoms with Crippen LogP contribution in [0.1, 0.15) is 367 Å². The lowest BCUT2D eigenvalue weighted by molar-refractivity contribution is -0.167. The first kappa shape index (κ1) is 69.2. The quantitative estimate of drug-likeness (QED) is 0.0261. The molecule has 0 amide bonds. The molecule has 0 fully saturated rings. The zero-order valence-electron chi connectivity index (χ0n) is 48.3. The van der Waals surface area contributed by atoms with Gasteiger partial charge in [0.1, 0.15) is 13.2 Å². The minimum atomic E-state index is -0.767. The molecule has 1 unspecified atom stereocenters. The lowest BCUT2D eigenvalue weighted by atomic mass is 10.0. The molecule has 0 aliphatic rings. The predicted octanol–water partition coefficient (Wildman–Crippen LogP) is 21.7. The molecule has 1 atom stereocenters. The minimum absolute atomic E-state index is 0.0653. The Morgan fingerprint density at radius 1 is 0.268 bits per heavy atom. The van der Waals surface area contributed by atoms with Crippen LogP contribution < -0.4 is 0 Å². The average Bonchev–Trinajstić information content (AvgIpc) is 3.37. The van der Waals surface area contributed by atoms with Gasteiger partial charge in [0.2, 0.25) is 0 Å². The van der Waals surface area contributed by atoms with Crippen molar-refractivity contribution in [2.45, 2.75) is 374 Å². The molecule has 420 valence electrons. The first-order valence-corrected chi connectivity index (χ1v) is 32.2. The van der Waals surface area contributed by atoms with E-state index >= 15 is 0 Å². The summed E-state index contributed by atoms with van der Waals surface area (Å²) < 4.78 is 16.9. The van der Waals surface area contributed by atoms with Crippen LogP contribution in [0.3, 0.4) is 0 Å². The molecule has 0 aromatic heterocycles. The maximum absolute atomic E-state index is 12.9. The highest BCUT2D eigenvalue weighted by molar-refractivity contribution is 5.71. The summed E-state index contributed by atoms with van der Waals surface area (Å²) >= 11 is 0. The van der Waals surface area contributed by atoms with Gasteiger partial charge in [-0.25, -0.2) is 0 Å². The number of ether oxygens (including phenoxy) is 3. The highest BCUT2D eigenvalue weighted by Gasteiger charge is 2.19. The van der Waals surface area contributed by atoms with Gasteiger partial charge in [0.15, 0.2) is 6.10 Å². The van der Waals surface area contributed by atoms with Gasteiger partial charge < -0.3 is 14.2 Å². The zero-order chi connectivity index (χ0) is 51.4. The van der Waals surface area contributed by atoms with Crippen molar-refractivity contribution in [2.24, 2.45) is 0 Å². The average molecular weight is 1000 g/mol. The standard InChI is InChI=1S/C65H124O6/c1-4-7-10-13-16-19-22-25-27-29-30-31-32-33-34-36-37-40-43-46-49-52-55-58-64(67)70-61-62(60-69-63(66)57-54-51-48-45-42-39-24-21-18-15-12-9-6-3)71-65(68)59-56-53-50-47-44-41-38-35-28-26-23-20-17-14-11-8-5-2/h26,28,62H,4-25,27,29-61H2,1-3H3/b28-26-. The molecule has 0 aliphatic heterocycles. The number of carbonyl (C=O) groups is 3. The molecule has 71 heavy (non-hydrogen) atoms. The maximum Gasteiger partial charge on any atom is 0.306 e. The lowest BCUT2D eigenvalue weighted by Crippen LogP contribution is -2.30. The molecular weight excluding hydrogens is 877 g/mol. The summed E-state index contributed by atoms with van der Waals surface area (Å²) in [4.78, 5) is 38.3. The van der Waals surface area contributed by atoms with Gasteiger partial charge in [-0.3, -0.25) is 14.4 Å². The van der Waals surface area contributed by atoms with Crippen LogP contribution in [0.5, 0.6) is 0 Å². The van der Waals surface area contributed by atoms with Crippen LogP contribution in [-0.2, 0) is 28.6 Å². The van der Waals surface area contributed by atoms with Crippen molar-refractivity contribution in [1.29, 1.82) is 0 Å². The molecule has 0 aromatic carbocycles. The van der Waals surface area contributed by atoms with E-state index in [1.165, 1.54) is 270 Å². The fraction of sp³-hybridized carbons (Fsp3) is 0.923. The number of esters is 3. The van der Waals surface area contributed by atoms with Crippen LogP contribution in [0.2, 0.25) is 0 Å². The van der Waals surface area contributed by atoms with Crippen molar-refractivity contribution in [3.8, 4) is 0 Å². The van der Waals surface area contributed by atoms with E-state index < -0.39 is 6.10 Å². The molecule has 0 N–H and O–H groups in total. The number of carbonyl (C=O) groups excluding carboxylic acids is 3. The third kappa shape index (κ3) is 58.9. The van der Waals surface area contributed by atoms with Crippen LogP contribution in [-0.4, -0.2) is 37.2 Å². The molecule has 0 rings (SSSR count). The molecule has 6 nitrogen and oxygen atoms in total. The minimum Gasteiger partial charge on any atom is -0.462 e. The molecule has 6 heteroatoms. The van der Waals surface area contributed by atoms with E-state index in [0.717, 1.165) is 57.8 Å². The number of hydrogen-bond acceptors (Lipinski definition) is 6. The highest BCUT2D eigenvalue weighted by atomic mass is 16.6. The van der Waals surface area contributed by atoms with Crippen molar-refractivity contribution in [1.82, 2.24) is 0 Å². The van der Waals surface area contributed by atoms with Gasteiger partial charge in [0, 0.05) is 19.3 Å². The van der Waals surface area contributed by atoms with Gasteiger partial charge in [0.25, 0.3) is 0 Å². The van der Waals surface area contributed by atoms with Gasteiger partial charge >= 0.3 is 17.9 Å². The summed E-state index contributed by atoms with van der Waals surface area (Å²) in [5.74, 6) is -0.840. The Labute approximate surface area is 443 Å². The van der Waals surface area contributed by atoms with E-state index in [1.54, 1.807) is 0 Å². The van der Waals surface area contributed by atoms with Gasteiger partial charge in [-0.05, 0) is 44.9 Å². The van der Waals surface area contributed by atoms with Gasteiger partial charge in [-0.2, -0.15) is 0 Å². The Hall–Kier alpha value is -1.85. The van der Waals surface area contributed by atoms with E-state index in [1.807, 2.05) is 0 Å². The molecule has 0 saturated heterocycles. The van der Waals surface area contributed by atoms with Crippen LogP contribution >= 0.6 is 0 Å². The van der Waals surface area contributed by atoms with Crippen LogP contribution in [0.25, 0.3) is 0 Å². The summed E-state index contributed by atoms with van der Waals surface area (Å²) in [6.45, 7) is 6.71. The van der Waals surface area contributed by atoms with E-state index in [4.69, 9.17) is 14.2 Å². The van der Waals surface area contributed by atoms with E-state index in [9.17, 15) is 14.4 Å². The van der Waals surface area contributed by atoms with Crippen molar-refractivity contribution in [3.05, 3.63) is 12.2 Å². The van der Waals surface area contributed by atoms with E-state index in [2.05, 4.69) is 32.9 Å². The second-order valence-electron chi connectivity index (χ2n) is 22.0. The van der Waals surface area contributed by atoms with Gasteiger partial charge in [-0.15, -0.1) is 0 Å². The molecule has 0 aliphatic carbocycles. The Morgan fingerprint density at radius 3 is 0.704 bits per heavy atom. The molecular formula is C65H124O6. The molecule has 0 aromatic rings. The summed E-state index contributed by atoms with van der Waals surface area (Å²) in [5.41, 5.74) is 0. The second-order valence-corrected chi connectivity index (χ2v) is 22.0. The predicted molar refractivity (Wildman–Crippen MR) is 307 cm³/mol. The van der Waals surface area contributed by atoms with Gasteiger partial charge in [-0.1, -0.05) is 315 Å². The van der Waals surface area contributed by atoms with Crippen molar-refractivity contribution < 1.29 is 28.6 Å². The van der Waals surface area contributed by atoms with E-state index in [0.29, 0.717) is 19.3 Å². The summed E-state index contributed by atoms with van der Waals surface area (Å²) in [7, 11) is 0. The SMILES string of the molecule is CCCCCCCC/C=C\CCCCCCCCCC(=O)OC(COC(=O)CCCCCCCCCCCCCCC)COC(=O)CCCCCCCCCCCCCCCCCCCCCCCCC. The third-order valence-electron chi connectivity index (χ3n) is 14.8. The highest BCUT2D eigenvalue weighted by Crippen LogP contribution is 2.18. The molecule has 0 saturated carbocycles. The maximum atomic E-state index is 12.9. The summed E-state index contributed by atoms with van der Waals surface area (Å²) in [6.07, 6.45) is 70.8.